The van der Waals surface area contributed by atoms with E-state index in [1.807, 2.05) is 19.2 Å². The number of nitrogens with two attached hydrogens (primary N) is 1. The average molecular weight is 268 g/mol. The van der Waals surface area contributed by atoms with Crippen LogP contribution < -0.4 is 5.73 Å². The van der Waals surface area contributed by atoms with Crippen molar-refractivity contribution in [3.8, 4) is 0 Å². The van der Waals surface area contributed by atoms with Crippen molar-refractivity contribution in [1.29, 1.82) is 0 Å². The highest BCUT2D eigenvalue weighted by Gasteiger charge is 2.12. The molecule has 0 aromatic carbocycles. The minimum atomic E-state index is -0.347. The van der Waals surface area contributed by atoms with Gasteiger partial charge in [-0.15, -0.1) is 22.7 Å². The molecule has 0 fully saturated rings. The Kier molecular flexibility index (Phi) is 3.44. The summed E-state index contributed by atoms with van der Waals surface area (Å²) in [5.74, 6) is -0.347. The van der Waals surface area contributed by atoms with Gasteiger partial charge in [0.2, 0.25) is 0 Å². The molecule has 2 aromatic heterocycles. The van der Waals surface area contributed by atoms with Crippen LogP contribution >= 0.6 is 22.7 Å². The number of rotatable bonds is 3. The zero-order valence-electron chi connectivity index (χ0n) is 9.52. The second-order valence-corrected chi connectivity index (χ2v) is 5.87. The van der Waals surface area contributed by atoms with Crippen molar-refractivity contribution in [2.75, 3.05) is 5.73 Å². The van der Waals surface area contributed by atoms with Gasteiger partial charge in [-0.3, -0.25) is 0 Å². The first-order chi connectivity index (χ1) is 8.06. The molecule has 0 spiro atoms. The fraction of sp³-hybridized carbons (Fsp3) is 0.273. The summed E-state index contributed by atoms with van der Waals surface area (Å²) in [5.41, 5.74) is 7.09. The van der Waals surface area contributed by atoms with E-state index in [2.05, 4.69) is 4.98 Å². The fourth-order valence-corrected chi connectivity index (χ4v) is 2.71. The van der Waals surface area contributed by atoms with E-state index in [9.17, 15) is 4.79 Å². The van der Waals surface area contributed by atoms with Crippen LogP contribution in [0.2, 0.25) is 0 Å². The van der Waals surface area contributed by atoms with Crippen LogP contribution in [-0.2, 0) is 11.3 Å². The molecule has 2 heterocycles. The quantitative estimate of drug-likeness (QED) is 0.869. The minimum absolute atomic E-state index is 0.208. The van der Waals surface area contributed by atoms with E-state index in [0.29, 0.717) is 10.6 Å². The van der Waals surface area contributed by atoms with Gasteiger partial charge in [-0.1, -0.05) is 0 Å². The van der Waals surface area contributed by atoms with Gasteiger partial charge in [0.1, 0.15) is 11.5 Å². The third-order valence-corrected chi connectivity index (χ3v) is 4.04. The molecule has 0 aliphatic rings. The molecular weight excluding hydrogens is 256 g/mol. The second kappa shape index (κ2) is 4.85. The molecule has 0 saturated carbocycles. The van der Waals surface area contributed by atoms with E-state index in [-0.39, 0.29) is 12.6 Å². The molecule has 2 aromatic rings. The number of aromatic nitrogens is 1. The van der Waals surface area contributed by atoms with Crippen molar-refractivity contribution in [2.24, 2.45) is 0 Å². The van der Waals surface area contributed by atoms with Gasteiger partial charge < -0.3 is 10.5 Å². The van der Waals surface area contributed by atoms with Gasteiger partial charge in [-0.05, 0) is 19.9 Å². The highest BCUT2D eigenvalue weighted by Crippen LogP contribution is 2.24. The number of aryl methyl sites for hydroxylation is 2. The molecule has 0 amide bonds. The average Bonchev–Trinajstić information content (AvgIpc) is 2.83. The SMILES string of the molecule is Cc1nc(COC(=O)c2cc(N)c(C)s2)cs1. The van der Waals surface area contributed by atoms with Gasteiger partial charge in [0, 0.05) is 15.9 Å². The maximum Gasteiger partial charge on any atom is 0.348 e. The standard InChI is InChI=1S/C11H12N2O2S2/c1-6-9(12)3-10(17-6)11(14)15-4-8-5-16-7(2)13-8/h3,5H,4,12H2,1-2H3. The Morgan fingerprint density at radius 1 is 1.53 bits per heavy atom. The number of hydrogen-bond acceptors (Lipinski definition) is 6. The molecular formula is C11H12N2O2S2. The number of ether oxygens (including phenoxy) is 1. The van der Waals surface area contributed by atoms with Gasteiger partial charge in [0.15, 0.2) is 0 Å². The van der Waals surface area contributed by atoms with Crippen molar-refractivity contribution < 1.29 is 9.53 Å². The Bertz CT molecular complexity index is 526. The Morgan fingerprint density at radius 3 is 2.82 bits per heavy atom. The molecule has 0 radical (unpaired) electrons. The third-order valence-electron chi connectivity index (χ3n) is 2.18. The van der Waals surface area contributed by atoms with Crippen molar-refractivity contribution in [3.05, 3.63) is 31.9 Å². The normalized spacial score (nSPS) is 10.5. The van der Waals surface area contributed by atoms with Crippen molar-refractivity contribution >= 4 is 34.3 Å². The second-order valence-electron chi connectivity index (χ2n) is 3.56. The molecule has 0 aliphatic heterocycles. The monoisotopic (exact) mass is 268 g/mol. The summed E-state index contributed by atoms with van der Waals surface area (Å²) in [5, 5.41) is 2.85. The van der Waals surface area contributed by atoms with E-state index in [1.165, 1.54) is 22.7 Å². The van der Waals surface area contributed by atoms with Gasteiger partial charge in [0.05, 0.1) is 10.7 Å². The molecule has 0 saturated heterocycles. The van der Waals surface area contributed by atoms with E-state index < -0.39 is 0 Å². The minimum Gasteiger partial charge on any atom is -0.455 e. The number of carbonyl (C=O) groups excluding carboxylic acids is 1. The number of thiophene rings is 1. The Hall–Kier alpha value is -1.40. The Labute approximate surface area is 107 Å². The summed E-state index contributed by atoms with van der Waals surface area (Å²) in [7, 11) is 0. The first kappa shape index (κ1) is 12.1. The van der Waals surface area contributed by atoms with E-state index in [4.69, 9.17) is 10.5 Å². The molecule has 0 unspecified atom stereocenters. The van der Waals surface area contributed by atoms with Crippen LogP contribution in [0.25, 0.3) is 0 Å². The van der Waals surface area contributed by atoms with Crippen LogP contribution in [0, 0.1) is 13.8 Å². The van der Waals surface area contributed by atoms with Crippen LogP contribution in [0.5, 0.6) is 0 Å². The third kappa shape index (κ3) is 2.83. The fourth-order valence-electron chi connectivity index (χ4n) is 1.28. The Morgan fingerprint density at radius 2 is 2.29 bits per heavy atom. The number of hydrogen-bond donors (Lipinski definition) is 1. The van der Waals surface area contributed by atoms with Crippen molar-refractivity contribution in [2.45, 2.75) is 20.5 Å². The summed E-state index contributed by atoms with van der Waals surface area (Å²) in [6.07, 6.45) is 0. The number of nitrogens with zero attached hydrogens (tertiary/aromatic N) is 1. The topological polar surface area (TPSA) is 65.2 Å². The summed E-state index contributed by atoms with van der Waals surface area (Å²) >= 11 is 2.88. The Balaban J connectivity index is 1.98. The van der Waals surface area contributed by atoms with Crippen LogP contribution in [0.15, 0.2) is 11.4 Å². The molecule has 0 bridgehead atoms. The highest BCUT2D eigenvalue weighted by atomic mass is 32.1. The van der Waals surface area contributed by atoms with Crippen molar-refractivity contribution in [3.63, 3.8) is 0 Å². The lowest BCUT2D eigenvalue weighted by molar-refractivity contribution is 0.0474. The molecule has 0 atom stereocenters. The number of anilines is 1. The van der Waals surface area contributed by atoms with E-state index >= 15 is 0 Å². The predicted molar refractivity (Wildman–Crippen MR) is 69.4 cm³/mol. The number of thiazole rings is 1. The molecule has 2 N–H and O–H groups in total. The molecule has 6 heteroatoms. The van der Waals surface area contributed by atoms with Crippen molar-refractivity contribution in [1.82, 2.24) is 4.98 Å². The first-order valence-corrected chi connectivity index (χ1v) is 6.70. The smallest absolute Gasteiger partial charge is 0.348 e. The van der Waals surface area contributed by atoms with Gasteiger partial charge in [0.25, 0.3) is 0 Å². The summed E-state index contributed by atoms with van der Waals surface area (Å²) < 4.78 is 5.16. The van der Waals surface area contributed by atoms with Crippen LogP contribution in [0.1, 0.15) is 25.3 Å². The van der Waals surface area contributed by atoms with Gasteiger partial charge in [-0.25, -0.2) is 9.78 Å². The van der Waals surface area contributed by atoms with E-state index in [1.54, 1.807) is 6.07 Å². The number of esters is 1. The zero-order chi connectivity index (χ0) is 12.4. The first-order valence-electron chi connectivity index (χ1n) is 5.00. The molecule has 0 aliphatic carbocycles. The summed E-state index contributed by atoms with van der Waals surface area (Å²) in [6.45, 7) is 4.00. The molecule has 90 valence electrons. The highest BCUT2D eigenvalue weighted by molar-refractivity contribution is 7.14. The lowest BCUT2D eigenvalue weighted by atomic mass is 10.4. The van der Waals surface area contributed by atoms with Gasteiger partial charge in [-0.2, -0.15) is 0 Å². The van der Waals surface area contributed by atoms with E-state index in [0.717, 1.165) is 15.6 Å². The largest absolute Gasteiger partial charge is 0.455 e. The molecule has 4 nitrogen and oxygen atoms in total. The molecule has 2 rings (SSSR count). The van der Waals surface area contributed by atoms with Crippen LogP contribution in [-0.4, -0.2) is 11.0 Å². The zero-order valence-corrected chi connectivity index (χ0v) is 11.2. The predicted octanol–water partition coefficient (Wildman–Crippen LogP) is 2.76. The number of carbonyl (C=O) groups is 1. The van der Waals surface area contributed by atoms with Gasteiger partial charge >= 0.3 is 5.97 Å². The lowest BCUT2D eigenvalue weighted by Crippen LogP contribution is -2.03. The summed E-state index contributed by atoms with van der Waals surface area (Å²) in [4.78, 5) is 17.4. The van der Waals surface area contributed by atoms with Crippen LogP contribution in [0.4, 0.5) is 5.69 Å². The lowest BCUT2D eigenvalue weighted by Gasteiger charge is -1.99. The van der Waals surface area contributed by atoms with Crippen LogP contribution in [0.3, 0.4) is 0 Å². The maximum atomic E-state index is 11.7. The number of nitrogen functional groups attached to an aromatic ring is 1. The summed E-state index contributed by atoms with van der Waals surface area (Å²) in [6, 6.07) is 1.65. The molecule has 17 heavy (non-hydrogen) atoms. The maximum absolute atomic E-state index is 11.7.